The van der Waals surface area contributed by atoms with Crippen LogP contribution in [0.5, 0.6) is 5.75 Å². The Labute approximate surface area is 167 Å². The first-order valence-corrected chi connectivity index (χ1v) is 9.18. The Morgan fingerprint density at radius 1 is 1.25 bits per heavy atom. The number of carbonyl (C=O) groups excluding carboxylic acids is 1. The van der Waals surface area contributed by atoms with Crippen molar-refractivity contribution in [1.29, 1.82) is 0 Å². The van der Waals surface area contributed by atoms with Gasteiger partial charge in [-0.2, -0.15) is 0 Å². The van der Waals surface area contributed by atoms with Crippen LogP contribution in [0.15, 0.2) is 42.5 Å². The van der Waals surface area contributed by atoms with E-state index in [1.54, 1.807) is 12.1 Å². The molecule has 0 aliphatic rings. The first-order chi connectivity index (χ1) is 13.3. The summed E-state index contributed by atoms with van der Waals surface area (Å²) in [5, 5.41) is 10.5. The van der Waals surface area contributed by atoms with Crippen LogP contribution in [-0.2, 0) is 22.6 Å². The molecule has 1 atom stereocenters. The number of carbonyl (C=O) groups is 2. The van der Waals surface area contributed by atoms with Gasteiger partial charge in [0.05, 0.1) is 11.9 Å². The lowest BCUT2D eigenvalue weighted by Crippen LogP contribution is -2.23. The van der Waals surface area contributed by atoms with Crippen molar-refractivity contribution in [3.05, 3.63) is 64.3 Å². The van der Waals surface area contributed by atoms with Gasteiger partial charge in [0.25, 0.3) is 0 Å². The van der Waals surface area contributed by atoms with Crippen LogP contribution in [0, 0.1) is 6.92 Å². The zero-order valence-corrected chi connectivity index (χ0v) is 16.4. The number of hydrogen-bond donors (Lipinski definition) is 2. The van der Waals surface area contributed by atoms with E-state index >= 15 is 0 Å². The number of ether oxygens (including phenoxy) is 1. The second-order valence-electron chi connectivity index (χ2n) is 6.67. The molecule has 28 heavy (non-hydrogen) atoms. The second kappa shape index (κ2) is 7.94. The SMILES string of the molecule is Cc1c(CC(N)=O)c2c(OC(C)C(=O)O)cccc2n1Cc1cccc(Cl)c1. The Morgan fingerprint density at radius 2 is 1.96 bits per heavy atom. The molecule has 2 aromatic carbocycles. The lowest BCUT2D eigenvalue weighted by Gasteiger charge is -2.13. The number of aliphatic carboxylic acids is 1. The first kappa shape index (κ1) is 19.8. The monoisotopic (exact) mass is 400 g/mol. The predicted molar refractivity (Wildman–Crippen MR) is 108 cm³/mol. The minimum Gasteiger partial charge on any atom is -0.479 e. The van der Waals surface area contributed by atoms with Crippen molar-refractivity contribution < 1.29 is 19.4 Å². The van der Waals surface area contributed by atoms with Gasteiger partial charge in [-0.05, 0) is 49.2 Å². The number of carboxylic acid groups (broad SMARTS) is 1. The summed E-state index contributed by atoms with van der Waals surface area (Å²) in [6.45, 7) is 3.91. The number of fused-ring (bicyclic) bond motifs is 1. The van der Waals surface area contributed by atoms with Crippen molar-refractivity contribution >= 4 is 34.4 Å². The molecule has 0 saturated carbocycles. The Kier molecular flexibility index (Phi) is 5.61. The van der Waals surface area contributed by atoms with Crippen molar-refractivity contribution in [1.82, 2.24) is 4.57 Å². The third kappa shape index (κ3) is 3.97. The number of nitrogens with zero attached hydrogens (tertiary/aromatic N) is 1. The van der Waals surface area contributed by atoms with Gasteiger partial charge in [0, 0.05) is 22.6 Å². The van der Waals surface area contributed by atoms with Gasteiger partial charge in [0.15, 0.2) is 6.10 Å². The fourth-order valence-electron chi connectivity index (χ4n) is 3.32. The van der Waals surface area contributed by atoms with E-state index in [1.807, 2.05) is 37.3 Å². The number of amides is 1. The molecule has 0 spiro atoms. The summed E-state index contributed by atoms with van der Waals surface area (Å²) in [6, 6.07) is 13.0. The summed E-state index contributed by atoms with van der Waals surface area (Å²) in [5.41, 5.74) is 8.91. The van der Waals surface area contributed by atoms with E-state index in [4.69, 9.17) is 22.1 Å². The van der Waals surface area contributed by atoms with E-state index in [2.05, 4.69) is 4.57 Å². The maximum Gasteiger partial charge on any atom is 0.344 e. The molecule has 1 heterocycles. The molecule has 0 aliphatic carbocycles. The van der Waals surface area contributed by atoms with Gasteiger partial charge < -0.3 is 20.1 Å². The zero-order chi connectivity index (χ0) is 20.4. The van der Waals surface area contributed by atoms with Crippen LogP contribution in [0.1, 0.15) is 23.7 Å². The predicted octanol–water partition coefficient (Wildman–Crippen LogP) is 3.53. The molecule has 3 N–H and O–H groups in total. The van der Waals surface area contributed by atoms with Gasteiger partial charge >= 0.3 is 5.97 Å². The number of nitrogens with two attached hydrogens (primary N) is 1. The minimum atomic E-state index is -1.07. The number of hydrogen-bond acceptors (Lipinski definition) is 3. The Balaban J connectivity index is 2.17. The van der Waals surface area contributed by atoms with E-state index in [-0.39, 0.29) is 6.42 Å². The largest absolute Gasteiger partial charge is 0.479 e. The highest BCUT2D eigenvalue weighted by Crippen LogP contribution is 2.35. The van der Waals surface area contributed by atoms with Crippen molar-refractivity contribution in [3.8, 4) is 5.75 Å². The summed E-state index contributed by atoms with van der Waals surface area (Å²) in [7, 11) is 0. The average molecular weight is 401 g/mol. The van der Waals surface area contributed by atoms with Crippen LogP contribution in [0.3, 0.4) is 0 Å². The average Bonchev–Trinajstić information content (AvgIpc) is 2.88. The molecule has 146 valence electrons. The Hall–Kier alpha value is -2.99. The highest BCUT2D eigenvalue weighted by atomic mass is 35.5. The van der Waals surface area contributed by atoms with Crippen molar-refractivity contribution in [2.24, 2.45) is 5.73 Å². The summed E-state index contributed by atoms with van der Waals surface area (Å²) in [4.78, 5) is 22.9. The molecule has 3 aromatic rings. The van der Waals surface area contributed by atoms with E-state index in [9.17, 15) is 14.7 Å². The Morgan fingerprint density at radius 3 is 2.61 bits per heavy atom. The molecular formula is C21H21ClN2O4. The van der Waals surface area contributed by atoms with Crippen molar-refractivity contribution in [2.75, 3.05) is 0 Å². The molecule has 0 saturated heterocycles. The van der Waals surface area contributed by atoms with E-state index < -0.39 is 18.0 Å². The van der Waals surface area contributed by atoms with Crippen LogP contribution in [0.2, 0.25) is 5.02 Å². The van der Waals surface area contributed by atoms with E-state index in [0.29, 0.717) is 22.7 Å². The molecular weight excluding hydrogens is 380 g/mol. The van der Waals surface area contributed by atoms with Crippen LogP contribution < -0.4 is 10.5 Å². The molecule has 1 aromatic heterocycles. The van der Waals surface area contributed by atoms with E-state index in [0.717, 1.165) is 22.3 Å². The van der Waals surface area contributed by atoms with Crippen molar-refractivity contribution in [2.45, 2.75) is 32.9 Å². The molecule has 0 fully saturated rings. The van der Waals surface area contributed by atoms with Gasteiger partial charge in [-0.1, -0.05) is 29.8 Å². The maximum absolute atomic E-state index is 11.7. The van der Waals surface area contributed by atoms with Crippen LogP contribution >= 0.6 is 11.6 Å². The summed E-state index contributed by atoms with van der Waals surface area (Å²) in [5.74, 6) is -1.12. The molecule has 1 amide bonds. The van der Waals surface area contributed by atoms with Gasteiger partial charge in [-0.3, -0.25) is 4.79 Å². The zero-order valence-electron chi connectivity index (χ0n) is 15.6. The van der Waals surface area contributed by atoms with Gasteiger partial charge in [-0.15, -0.1) is 0 Å². The number of aromatic nitrogens is 1. The highest BCUT2D eigenvalue weighted by molar-refractivity contribution is 6.30. The third-order valence-corrected chi connectivity index (χ3v) is 4.91. The molecule has 7 heteroatoms. The second-order valence-corrected chi connectivity index (χ2v) is 7.11. The number of carboxylic acids is 1. The molecule has 0 radical (unpaired) electrons. The standard InChI is InChI=1S/C21H21ClN2O4/c1-12-16(10-19(23)25)20-17(7-4-8-18(20)28-13(2)21(26)27)24(12)11-14-5-3-6-15(22)9-14/h3-9,13H,10-11H2,1-2H3,(H2,23,25)(H,26,27). The quantitative estimate of drug-likeness (QED) is 0.634. The number of rotatable bonds is 7. The molecule has 6 nitrogen and oxygen atoms in total. The molecule has 0 bridgehead atoms. The maximum atomic E-state index is 11.7. The number of halogens is 1. The minimum absolute atomic E-state index is 0.0344. The highest BCUT2D eigenvalue weighted by Gasteiger charge is 2.22. The fraction of sp³-hybridized carbons (Fsp3) is 0.238. The normalized spacial score (nSPS) is 12.1. The lowest BCUT2D eigenvalue weighted by molar-refractivity contribution is -0.144. The van der Waals surface area contributed by atoms with Crippen LogP contribution in [0.25, 0.3) is 10.9 Å². The molecule has 1 unspecified atom stereocenters. The summed E-state index contributed by atoms with van der Waals surface area (Å²) < 4.78 is 7.72. The smallest absolute Gasteiger partial charge is 0.344 e. The van der Waals surface area contributed by atoms with E-state index in [1.165, 1.54) is 6.92 Å². The molecule has 3 rings (SSSR count). The Bertz CT molecular complexity index is 1060. The van der Waals surface area contributed by atoms with Crippen molar-refractivity contribution in [3.63, 3.8) is 0 Å². The lowest BCUT2D eigenvalue weighted by atomic mass is 10.1. The topological polar surface area (TPSA) is 94.6 Å². The van der Waals surface area contributed by atoms with Gasteiger partial charge in [-0.25, -0.2) is 4.79 Å². The summed E-state index contributed by atoms with van der Waals surface area (Å²) >= 11 is 6.11. The van der Waals surface area contributed by atoms with Gasteiger partial charge in [0.2, 0.25) is 5.91 Å². The van der Waals surface area contributed by atoms with Crippen LogP contribution in [-0.4, -0.2) is 27.7 Å². The number of primary amides is 1. The van der Waals surface area contributed by atoms with Gasteiger partial charge in [0.1, 0.15) is 5.75 Å². The molecule has 0 aliphatic heterocycles. The fourth-order valence-corrected chi connectivity index (χ4v) is 3.54. The first-order valence-electron chi connectivity index (χ1n) is 8.80. The third-order valence-electron chi connectivity index (χ3n) is 4.67. The number of benzene rings is 2. The summed E-state index contributed by atoms with van der Waals surface area (Å²) in [6.07, 6.45) is -0.990. The van der Waals surface area contributed by atoms with Crippen LogP contribution in [0.4, 0.5) is 0 Å².